The lowest BCUT2D eigenvalue weighted by Gasteiger charge is -2.38. The van der Waals surface area contributed by atoms with Gasteiger partial charge in [-0.1, -0.05) is 37.3 Å². The maximum Gasteiger partial charge on any atom is 0.183 e. The minimum absolute atomic E-state index is 0.166. The maximum absolute atomic E-state index is 13.5. The first-order chi connectivity index (χ1) is 13.0. The maximum atomic E-state index is 13.5. The average molecular weight is 369 g/mol. The third-order valence-electron chi connectivity index (χ3n) is 5.13. The normalized spacial score (nSPS) is 13.4. The highest BCUT2D eigenvalue weighted by molar-refractivity contribution is 6.03. The number of rotatable bonds is 11. The molecule has 146 valence electrons. The lowest BCUT2D eigenvalue weighted by Crippen LogP contribution is -2.52. The predicted molar refractivity (Wildman–Crippen MR) is 113 cm³/mol. The van der Waals surface area contributed by atoms with Crippen molar-refractivity contribution >= 4 is 11.5 Å². The largest absolute Gasteiger partial charge is 0.383 e. The highest BCUT2D eigenvalue weighted by atomic mass is 16.5. The Hall–Kier alpha value is -2.17. The summed E-state index contributed by atoms with van der Waals surface area (Å²) in [5.41, 5.74) is 2.37. The van der Waals surface area contributed by atoms with Gasteiger partial charge in [-0.3, -0.25) is 9.69 Å². The molecule has 0 aliphatic carbocycles. The number of carbonyl (C=O) groups excluding carboxylic acids is 1. The van der Waals surface area contributed by atoms with E-state index in [1.807, 2.05) is 63.5 Å². The highest BCUT2D eigenvalue weighted by Gasteiger charge is 2.39. The zero-order chi connectivity index (χ0) is 19.7. The second-order valence-corrected chi connectivity index (χ2v) is 6.97. The number of ketones is 1. The van der Waals surface area contributed by atoms with E-state index in [1.54, 1.807) is 0 Å². The predicted octanol–water partition coefficient (Wildman–Crippen LogP) is 4.27. The molecule has 4 nitrogen and oxygen atoms in total. The van der Waals surface area contributed by atoms with Crippen molar-refractivity contribution in [3.8, 4) is 0 Å². The van der Waals surface area contributed by atoms with Crippen molar-refractivity contribution in [2.45, 2.75) is 32.2 Å². The molecule has 0 aromatic heterocycles. The Morgan fingerprint density at radius 1 is 1.04 bits per heavy atom. The van der Waals surface area contributed by atoms with E-state index in [4.69, 9.17) is 4.74 Å². The van der Waals surface area contributed by atoms with Gasteiger partial charge in [-0.25, -0.2) is 0 Å². The molecule has 2 rings (SSSR count). The molecule has 0 amide bonds. The standard InChI is InChI=1S/C23H32N2O2/c1-5-23(25(3)4,18-19-10-8-7-9-11-19)22(26)20-12-14-21(15-13-20)24-16-17-27-6-2/h7-15,24H,5-6,16-18H2,1-4H3. The lowest BCUT2D eigenvalue weighted by atomic mass is 9.80. The molecular formula is C23H32N2O2. The first-order valence-electron chi connectivity index (χ1n) is 9.71. The molecular weight excluding hydrogens is 336 g/mol. The fraction of sp³-hybridized carbons (Fsp3) is 0.435. The molecule has 0 spiro atoms. The Labute approximate surface area is 163 Å². The molecule has 0 radical (unpaired) electrons. The van der Waals surface area contributed by atoms with Gasteiger partial charge in [-0.2, -0.15) is 0 Å². The van der Waals surface area contributed by atoms with Gasteiger partial charge in [-0.05, 0) is 63.7 Å². The molecule has 0 aliphatic heterocycles. The number of hydrogen-bond donors (Lipinski definition) is 1. The lowest BCUT2D eigenvalue weighted by molar-refractivity contribution is 0.0666. The van der Waals surface area contributed by atoms with Crippen LogP contribution in [0.25, 0.3) is 0 Å². The van der Waals surface area contributed by atoms with E-state index in [9.17, 15) is 4.79 Å². The number of likely N-dealkylation sites (N-methyl/N-ethyl adjacent to an activating group) is 1. The number of ether oxygens (including phenoxy) is 1. The van der Waals surface area contributed by atoms with Gasteiger partial charge in [0.1, 0.15) is 0 Å². The molecule has 0 bridgehead atoms. The number of nitrogens with one attached hydrogen (secondary N) is 1. The molecule has 1 unspecified atom stereocenters. The Morgan fingerprint density at radius 2 is 1.70 bits per heavy atom. The minimum Gasteiger partial charge on any atom is -0.383 e. The van der Waals surface area contributed by atoms with Crippen LogP contribution in [0.1, 0.15) is 36.2 Å². The second kappa shape index (κ2) is 10.2. The van der Waals surface area contributed by atoms with Gasteiger partial charge in [0.2, 0.25) is 0 Å². The molecule has 4 heteroatoms. The van der Waals surface area contributed by atoms with E-state index >= 15 is 0 Å². The van der Waals surface area contributed by atoms with Gasteiger partial charge in [0.05, 0.1) is 12.1 Å². The van der Waals surface area contributed by atoms with E-state index in [2.05, 4.69) is 29.3 Å². The molecule has 1 atom stereocenters. The minimum atomic E-state index is -0.550. The van der Waals surface area contributed by atoms with E-state index in [-0.39, 0.29) is 5.78 Å². The van der Waals surface area contributed by atoms with Crippen LogP contribution < -0.4 is 5.32 Å². The summed E-state index contributed by atoms with van der Waals surface area (Å²) in [6.45, 7) is 6.23. The number of carbonyl (C=O) groups is 1. The summed E-state index contributed by atoms with van der Waals surface area (Å²) in [5.74, 6) is 0.166. The summed E-state index contributed by atoms with van der Waals surface area (Å²) in [5, 5.41) is 3.31. The van der Waals surface area contributed by atoms with Crippen molar-refractivity contribution in [2.75, 3.05) is 39.2 Å². The monoisotopic (exact) mass is 368 g/mol. The quantitative estimate of drug-likeness (QED) is 0.475. The third kappa shape index (κ3) is 5.41. The Balaban J connectivity index is 2.17. The van der Waals surface area contributed by atoms with Crippen LogP contribution in [0.15, 0.2) is 54.6 Å². The van der Waals surface area contributed by atoms with Gasteiger partial charge < -0.3 is 10.1 Å². The van der Waals surface area contributed by atoms with Gasteiger partial charge in [-0.15, -0.1) is 0 Å². The van der Waals surface area contributed by atoms with E-state index in [0.29, 0.717) is 13.0 Å². The van der Waals surface area contributed by atoms with Crippen molar-refractivity contribution in [2.24, 2.45) is 0 Å². The van der Waals surface area contributed by atoms with E-state index in [0.717, 1.165) is 30.8 Å². The van der Waals surface area contributed by atoms with Crippen molar-refractivity contribution in [3.05, 3.63) is 65.7 Å². The Kier molecular flexibility index (Phi) is 8.01. The number of Topliss-reactive ketones (excluding diaryl/α,β-unsaturated/α-hetero) is 1. The van der Waals surface area contributed by atoms with Crippen LogP contribution in [-0.4, -0.2) is 50.1 Å². The van der Waals surface area contributed by atoms with Crippen LogP contribution in [0.2, 0.25) is 0 Å². The molecule has 2 aromatic rings. The zero-order valence-electron chi connectivity index (χ0n) is 17.0. The number of anilines is 1. The summed E-state index contributed by atoms with van der Waals surface area (Å²) in [6, 6.07) is 18.0. The fourth-order valence-electron chi connectivity index (χ4n) is 3.40. The van der Waals surface area contributed by atoms with Crippen LogP contribution in [0.4, 0.5) is 5.69 Å². The first kappa shape index (κ1) is 21.1. The molecule has 1 N–H and O–H groups in total. The van der Waals surface area contributed by atoms with Crippen LogP contribution in [0.3, 0.4) is 0 Å². The van der Waals surface area contributed by atoms with Crippen molar-refractivity contribution in [3.63, 3.8) is 0 Å². The van der Waals surface area contributed by atoms with Crippen LogP contribution in [0.5, 0.6) is 0 Å². The van der Waals surface area contributed by atoms with Gasteiger partial charge in [0.15, 0.2) is 5.78 Å². The first-order valence-corrected chi connectivity index (χ1v) is 9.71. The van der Waals surface area contributed by atoms with Crippen LogP contribution in [0, 0.1) is 0 Å². The van der Waals surface area contributed by atoms with Gasteiger partial charge in [0.25, 0.3) is 0 Å². The molecule has 0 fully saturated rings. The van der Waals surface area contributed by atoms with Crippen LogP contribution in [-0.2, 0) is 11.2 Å². The highest BCUT2D eigenvalue weighted by Crippen LogP contribution is 2.28. The molecule has 2 aromatic carbocycles. The number of nitrogens with zero attached hydrogens (tertiary/aromatic N) is 1. The van der Waals surface area contributed by atoms with Crippen LogP contribution >= 0.6 is 0 Å². The van der Waals surface area contributed by atoms with E-state index < -0.39 is 5.54 Å². The smallest absolute Gasteiger partial charge is 0.183 e. The van der Waals surface area contributed by atoms with Crippen molar-refractivity contribution in [1.29, 1.82) is 0 Å². The summed E-state index contributed by atoms with van der Waals surface area (Å²) >= 11 is 0. The van der Waals surface area contributed by atoms with Gasteiger partial charge in [0, 0.05) is 24.4 Å². The third-order valence-corrected chi connectivity index (χ3v) is 5.13. The second-order valence-electron chi connectivity index (χ2n) is 6.97. The molecule has 0 saturated carbocycles. The Bertz CT molecular complexity index is 698. The molecule has 0 saturated heterocycles. The number of benzene rings is 2. The van der Waals surface area contributed by atoms with Crippen molar-refractivity contribution < 1.29 is 9.53 Å². The van der Waals surface area contributed by atoms with Crippen molar-refractivity contribution in [1.82, 2.24) is 4.90 Å². The zero-order valence-corrected chi connectivity index (χ0v) is 17.0. The Morgan fingerprint density at radius 3 is 2.26 bits per heavy atom. The fourth-order valence-corrected chi connectivity index (χ4v) is 3.40. The van der Waals surface area contributed by atoms with E-state index in [1.165, 1.54) is 5.56 Å². The van der Waals surface area contributed by atoms with Gasteiger partial charge >= 0.3 is 0 Å². The topological polar surface area (TPSA) is 41.6 Å². The SMILES string of the molecule is CCOCCNc1ccc(C(=O)C(CC)(Cc2ccccc2)N(C)C)cc1. The average Bonchev–Trinajstić information content (AvgIpc) is 2.70. The molecule has 0 aliphatic rings. The number of hydrogen-bond acceptors (Lipinski definition) is 4. The summed E-state index contributed by atoms with van der Waals surface area (Å²) < 4.78 is 5.34. The summed E-state index contributed by atoms with van der Waals surface area (Å²) in [6.07, 6.45) is 1.45. The molecule has 27 heavy (non-hydrogen) atoms. The molecule has 0 heterocycles. The summed E-state index contributed by atoms with van der Waals surface area (Å²) in [7, 11) is 3.99. The summed E-state index contributed by atoms with van der Waals surface area (Å²) in [4.78, 5) is 15.5.